The molecule has 0 aromatic carbocycles. The van der Waals surface area contributed by atoms with Crippen LogP contribution in [-0.4, -0.2) is 41.9 Å². The van der Waals surface area contributed by atoms with Crippen molar-refractivity contribution in [2.45, 2.75) is 19.1 Å². The fourth-order valence-corrected chi connectivity index (χ4v) is 1.16. The second-order valence-electron chi connectivity index (χ2n) is 3.71. The molecule has 0 bridgehead atoms. The second-order valence-corrected chi connectivity index (χ2v) is 3.71. The Kier molecular flexibility index (Phi) is 4.86. The van der Waals surface area contributed by atoms with Gasteiger partial charge in [-0.2, -0.15) is 0 Å². The van der Waals surface area contributed by atoms with Crippen LogP contribution < -0.4 is 11.1 Å². The number of carbonyl (C=O) groups is 1. The van der Waals surface area contributed by atoms with Crippen LogP contribution in [0.1, 0.15) is 17.4 Å². The maximum absolute atomic E-state index is 11.2. The van der Waals surface area contributed by atoms with Crippen LogP contribution in [0.4, 0.5) is 5.69 Å². The first-order valence-electron chi connectivity index (χ1n) is 5.26. The number of nitrogens with two attached hydrogens (primary N) is 1. The normalized spacial score (nSPS) is 13.9. The van der Waals surface area contributed by atoms with Gasteiger partial charge in [-0.1, -0.05) is 0 Å². The molecule has 2 atom stereocenters. The summed E-state index contributed by atoms with van der Waals surface area (Å²) in [5.41, 5.74) is 6.60. The lowest BCUT2D eigenvalue weighted by Crippen LogP contribution is -2.38. The van der Waals surface area contributed by atoms with E-state index in [1.807, 2.05) is 0 Å². The van der Waals surface area contributed by atoms with Crippen molar-refractivity contribution in [3.8, 4) is 0 Å². The van der Waals surface area contributed by atoms with E-state index in [1.165, 1.54) is 13.3 Å². The highest BCUT2D eigenvalue weighted by Gasteiger charge is 2.10. The summed E-state index contributed by atoms with van der Waals surface area (Å²) in [7, 11) is 1.30. The third-order valence-electron chi connectivity index (χ3n) is 2.32. The van der Waals surface area contributed by atoms with Gasteiger partial charge in [-0.25, -0.2) is 9.78 Å². The molecule has 0 radical (unpaired) electrons. The standard InChI is InChI=1S/C11H17N3O3/c1-7(15)9(12)6-14-8-3-4-13-10(5-8)11(16)17-2/h3-5,7,9,15H,6,12H2,1-2H3,(H,13,14). The molecule has 0 saturated heterocycles. The zero-order valence-corrected chi connectivity index (χ0v) is 9.88. The molecule has 94 valence electrons. The van der Waals surface area contributed by atoms with Crippen molar-refractivity contribution in [1.82, 2.24) is 4.98 Å². The lowest BCUT2D eigenvalue weighted by molar-refractivity contribution is 0.0594. The fraction of sp³-hybridized carbons (Fsp3) is 0.455. The molecular formula is C11H17N3O3. The molecule has 0 aliphatic carbocycles. The summed E-state index contributed by atoms with van der Waals surface area (Å²) in [6.07, 6.45) is 0.909. The smallest absolute Gasteiger partial charge is 0.356 e. The van der Waals surface area contributed by atoms with Gasteiger partial charge in [0.15, 0.2) is 0 Å². The van der Waals surface area contributed by atoms with Gasteiger partial charge in [-0.3, -0.25) is 0 Å². The Balaban J connectivity index is 2.63. The number of aromatic nitrogens is 1. The van der Waals surface area contributed by atoms with E-state index in [2.05, 4.69) is 15.0 Å². The molecule has 1 rings (SSSR count). The molecule has 1 aromatic heterocycles. The molecule has 4 N–H and O–H groups in total. The van der Waals surface area contributed by atoms with Gasteiger partial charge in [0, 0.05) is 24.5 Å². The predicted molar refractivity (Wildman–Crippen MR) is 63.7 cm³/mol. The quantitative estimate of drug-likeness (QED) is 0.625. The van der Waals surface area contributed by atoms with Crippen molar-refractivity contribution >= 4 is 11.7 Å². The maximum Gasteiger partial charge on any atom is 0.356 e. The van der Waals surface area contributed by atoms with Crippen LogP contribution in [0.15, 0.2) is 18.3 Å². The van der Waals surface area contributed by atoms with E-state index in [4.69, 9.17) is 5.73 Å². The second kappa shape index (κ2) is 6.17. The number of pyridine rings is 1. The molecule has 1 heterocycles. The average Bonchev–Trinajstić information content (AvgIpc) is 2.35. The maximum atomic E-state index is 11.2. The highest BCUT2D eigenvalue weighted by molar-refractivity contribution is 5.88. The number of esters is 1. The van der Waals surface area contributed by atoms with Crippen LogP contribution in [0.25, 0.3) is 0 Å². The number of hydrogen-bond donors (Lipinski definition) is 3. The Labute approximate surface area is 99.8 Å². The molecule has 17 heavy (non-hydrogen) atoms. The van der Waals surface area contributed by atoms with Crippen molar-refractivity contribution in [3.05, 3.63) is 24.0 Å². The average molecular weight is 239 g/mol. The SMILES string of the molecule is COC(=O)c1cc(NCC(N)C(C)O)ccn1. The Morgan fingerprint density at radius 1 is 1.71 bits per heavy atom. The number of hydrogen-bond acceptors (Lipinski definition) is 6. The highest BCUT2D eigenvalue weighted by Crippen LogP contribution is 2.08. The fourth-order valence-electron chi connectivity index (χ4n) is 1.16. The third kappa shape index (κ3) is 4.01. The van der Waals surface area contributed by atoms with Gasteiger partial charge in [0.2, 0.25) is 0 Å². The van der Waals surface area contributed by atoms with Crippen LogP contribution in [0, 0.1) is 0 Å². The van der Waals surface area contributed by atoms with E-state index >= 15 is 0 Å². The largest absolute Gasteiger partial charge is 0.464 e. The van der Waals surface area contributed by atoms with Gasteiger partial charge in [0.25, 0.3) is 0 Å². The number of rotatable bonds is 5. The van der Waals surface area contributed by atoms with Gasteiger partial charge in [-0.15, -0.1) is 0 Å². The van der Waals surface area contributed by atoms with E-state index in [1.54, 1.807) is 19.1 Å². The van der Waals surface area contributed by atoms with Crippen molar-refractivity contribution in [3.63, 3.8) is 0 Å². The van der Waals surface area contributed by atoms with Gasteiger partial charge in [0.1, 0.15) is 5.69 Å². The van der Waals surface area contributed by atoms with Crippen molar-refractivity contribution in [1.29, 1.82) is 0 Å². The summed E-state index contributed by atoms with van der Waals surface area (Å²) in [5.74, 6) is -0.492. The number of aliphatic hydroxyl groups excluding tert-OH is 1. The Morgan fingerprint density at radius 3 is 3.00 bits per heavy atom. The van der Waals surface area contributed by atoms with Crippen LogP contribution in [-0.2, 0) is 4.74 Å². The molecule has 0 aliphatic heterocycles. The Morgan fingerprint density at radius 2 is 2.41 bits per heavy atom. The summed E-state index contributed by atoms with van der Waals surface area (Å²) in [6, 6.07) is 2.91. The molecular weight excluding hydrogens is 222 g/mol. The van der Waals surface area contributed by atoms with Gasteiger partial charge in [0.05, 0.1) is 13.2 Å². The minimum atomic E-state index is -0.593. The van der Waals surface area contributed by atoms with Crippen LogP contribution >= 0.6 is 0 Å². The van der Waals surface area contributed by atoms with Crippen LogP contribution in [0.3, 0.4) is 0 Å². The molecule has 1 aromatic rings. The number of methoxy groups -OCH3 is 1. The van der Waals surface area contributed by atoms with E-state index in [0.29, 0.717) is 12.2 Å². The molecule has 6 nitrogen and oxygen atoms in total. The molecule has 0 aliphatic rings. The Hall–Kier alpha value is -1.66. The topological polar surface area (TPSA) is 97.5 Å². The molecule has 0 saturated carbocycles. The zero-order valence-electron chi connectivity index (χ0n) is 9.88. The minimum Gasteiger partial charge on any atom is -0.464 e. The van der Waals surface area contributed by atoms with Crippen LogP contribution in [0.2, 0.25) is 0 Å². The van der Waals surface area contributed by atoms with Gasteiger partial charge < -0.3 is 20.9 Å². The number of anilines is 1. The van der Waals surface area contributed by atoms with Gasteiger partial charge in [-0.05, 0) is 19.1 Å². The molecule has 0 fully saturated rings. The molecule has 6 heteroatoms. The minimum absolute atomic E-state index is 0.225. The summed E-state index contributed by atoms with van der Waals surface area (Å²) < 4.78 is 4.56. The summed E-state index contributed by atoms with van der Waals surface area (Å²) >= 11 is 0. The monoisotopic (exact) mass is 239 g/mol. The molecule has 2 unspecified atom stereocenters. The van der Waals surface area contributed by atoms with Crippen LogP contribution in [0.5, 0.6) is 0 Å². The number of carbonyl (C=O) groups excluding carboxylic acids is 1. The van der Waals surface area contributed by atoms with Gasteiger partial charge >= 0.3 is 5.97 Å². The molecule has 0 spiro atoms. The third-order valence-corrected chi connectivity index (χ3v) is 2.32. The van der Waals surface area contributed by atoms with E-state index in [-0.39, 0.29) is 11.7 Å². The number of aliphatic hydroxyl groups is 1. The van der Waals surface area contributed by atoms with E-state index in [0.717, 1.165) is 0 Å². The molecule has 0 amide bonds. The van der Waals surface area contributed by atoms with E-state index in [9.17, 15) is 9.90 Å². The Bertz CT molecular complexity index is 382. The predicted octanol–water partition coefficient (Wildman–Crippen LogP) is -0.0118. The van der Waals surface area contributed by atoms with Crippen molar-refractivity contribution in [2.24, 2.45) is 5.73 Å². The first-order valence-corrected chi connectivity index (χ1v) is 5.26. The number of ether oxygens (including phenoxy) is 1. The summed E-state index contributed by atoms with van der Waals surface area (Å²) in [5, 5.41) is 12.2. The zero-order chi connectivity index (χ0) is 12.8. The lowest BCUT2D eigenvalue weighted by Gasteiger charge is -2.16. The summed E-state index contributed by atoms with van der Waals surface area (Å²) in [4.78, 5) is 15.1. The highest BCUT2D eigenvalue weighted by atomic mass is 16.5. The first-order chi connectivity index (χ1) is 8.04. The van der Waals surface area contributed by atoms with Crippen molar-refractivity contribution in [2.75, 3.05) is 19.0 Å². The van der Waals surface area contributed by atoms with Crippen molar-refractivity contribution < 1.29 is 14.6 Å². The lowest BCUT2D eigenvalue weighted by atomic mass is 10.2. The van der Waals surface area contributed by atoms with E-state index < -0.39 is 12.1 Å². The number of nitrogens with one attached hydrogen (secondary N) is 1. The summed E-state index contributed by atoms with van der Waals surface area (Å²) in [6.45, 7) is 2.03. The number of nitrogens with zero attached hydrogens (tertiary/aromatic N) is 1. The first kappa shape index (κ1) is 13.4.